The van der Waals surface area contributed by atoms with E-state index in [1.807, 2.05) is 19.1 Å². The lowest BCUT2D eigenvalue weighted by Crippen LogP contribution is -2.32. The minimum absolute atomic E-state index is 0.187. The Morgan fingerprint density at radius 3 is 2.49 bits per heavy atom. The minimum atomic E-state index is -4.67. The van der Waals surface area contributed by atoms with Crippen LogP contribution in [-0.4, -0.2) is 34.6 Å². The first-order chi connectivity index (χ1) is 20.5. The Morgan fingerprint density at radius 2 is 1.74 bits per heavy atom. The number of nitrogens with zero attached hydrogens (tertiary/aromatic N) is 1. The minimum Gasteiger partial charge on any atom is -0.483 e. The van der Waals surface area contributed by atoms with E-state index < -0.39 is 46.5 Å². The van der Waals surface area contributed by atoms with Gasteiger partial charge in [-0.15, -0.1) is 0 Å². The van der Waals surface area contributed by atoms with Crippen LogP contribution in [0.5, 0.6) is 5.75 Å². The molecule has 220 valence electrons. The van der Waals surface area contributed by atoms with Crippen molar-refractivity contribution >= 4 is 52.2 Å². The predicted octanol–water partition coefficient (Wildman–Crippen LogP) is 5.58. The average Bonchev–Trinajstić information content (AvgIpc) is 3.47. The molecule has 1 fully saturated rings. The van der Waals surface area contributed by atoms with Crippen molar-refractivity contribution in [3.8, 4) is 5.75 Å². The molecule has 0 saturated carbocycles. The van der Waals surface area contributed by atoms with Crippen LogP contribution in [-0.2, 0) is 20.6 Å². The molecule has 3 atom stereocenters. The zero-order valence-corrected chi connectivity index (χ0v) is 23.9. The third-order valence-electron chi connectivity index (χ3n) is 7.20. The first kappa shape index (κ1) is 28.7. The maximum Gasteiger partial charge on any atom is 0.416 e. The zero-order valence-electron chi connectivity index (χ0n) is 22.3. The summed E-state index contributed by atoms with van der Waals surface area (Å²) in [6, 6.07) is 18.0. The fourth-order valence-corrected chi connectivity index (χ4v) is 7.78. The molecule has 1 saturated heterocycles. The van der Waals surface area contributed by atoms with Crippen molar-refractivity contribution < 1.29 is 32.3 Å². The van der Waals surface area contributed by atoms with Crippen molar-refractivity contribution in [1.82, 2.24) is 4.98 Å². The first-order valence-electron chi connectivity index (χ1n) is 13.0. The van der Waals surface area contributed by atoms with E-state index in [1.54, 1.807) is 36.4 Å². The number of imide groups is 1. The molecule has 6 rings (SSSR count). The second-order valence-corrected chi connectivity index (χ2v) is 12.2. The van der Waals surface area contributed by atoms with E-state index in [1.165, 1.54) is 6.07 Å². The van der Waals surface area contributed by atoms with E-state index in [2.05, 4.69) is 10.3 Å². The van der Waals surface area contributed by atoms with Gasteiger partial charge in [-0.2, -0.15) is 13.2 Å². The summed E-state index contributed by atoms with van der Waals surface area (Å²) in [7, 11) is 0. The number of ether oxygens (including phenoxy) is 1. The number of H-pyrrole nitrogens is 1. The van der Waals surface area contributed by atoms with E-state index in [-0.39, 0.29) is 22.9 Å². The normalized spacial score (nSPS) is 19.6. The number of hydrogen-bond acceptors (Lipinski definition) is 7. The quantitative estimate of drug-likeness (QED) is 0.271. The number of benzene rings is 3. The van der Waals surface area contributed by atoms with Crippen LogP contribution in [0, 0.1) is 12.8 Å². The molecule has 43 heavy (non-hydrogen) atoms. The van der Waals surface area contributed by atoms with E-state index in [4.69, 9.17) is 4.74 Å². The van der Waals surface area contributed by atoms with E-state index >= 15 is 0 Å². The van der Waals surface area contributed by atoms with Gasteiger partial charge in [-0.3, -0.25) is 19.2 Å². The number of alkyl halides is 3. The molecule has 0 unspecified atom stereocenters. The standard InChI is InChI=1S/C30H22F3N3O5S2/c1-15-9-11-17(12-10-15)34-21(37)14-41-20-8-3-2-7-19(20)22-23-25(42-26-24(22)43-29(40)35-26)28(39)36(27(23)38)18-6-4-5-16(13-18)30(31,32)33/h2-13,22-23,25H,14H2,1H3,(H,34,37)(H,35,40)/t22-,23-,25+/m0/s1. The van der Waals surface area contributed by atoms with Gasteiger partial charge in [0.25, 0.3) is 5.91 Å². The van der Waals surface area contributed by atoms with Gasteiger partial charge < -0.3 is 15.0 Å². The number of aromatic amines is 1. The van der Waals surface area contributed by atoms with Gasteiger partial charge in [0.15, 0.2) is 6.61 Å². The summed E-state index contributed by atoms with van der Waals surface area (Å²) in [5, 5.41) is 2.14. The first-order valence-corrected chi connectivity index (χ1v) is 14.7. The number of para-hydroxylation sites is 1. The molecule has 0 radical (unpaired) electrons. The summed E-state index contributed by atoms with van der Waals surface area (Å²) < 4.78 is 46.3. The highest BCUT2D eigenvalue weighted by molar-refractivity contribution is 8.00. The average molecular weight is 626 g/mol. The molecule has 2 N–H and O–H groups in total. The molecule has 0 spiro atoms. The number of carbonyl (C=O) groups excluding carboxylic acids is 3. The summed E-state index contributed by atoms with van der Waals surface area (Å²) in [5.41, 5.74) is 0.907. The Balaban J connectivity index is 1.34. The van der Waals surface area contributed by atoms with Crippen LogP contribution in [0.3, 0.4) is 0 Å². The molecule has 2 aliphatic rings. The third kappa shape index (κ3) is 5.45. The molecule has 4 aromatic rings. The lowest BCUT2D eigenvalue weighted by molar-refractivity contribution is -0.137. The van der Waals surface area contributed by atoms with Crippen LogP contribution in [0.15, 0.2) is 82.6 Å². The maximum atomic E-state index is 13.9. The summed E-state index contributed by atoms with van der Waals surface area (Å²) in [4.78, 5) is 56.3. The second kappa shape index (κ2) is 11.0. The summed E-state index contributed by atoms with van der Waals surface area (Å²) in [6.07, 6.45) is -4.67. The molecule has 3 aromatic carbocycles. The molecule has 0 bridgehead atoms. The van der Waals surface area contributed by atoms with Crippen molar-refractivity contribution in [2.75, 3.05) is 16.8 Å². The fourth-order valence-electron chi connectivity index (χ4n) is 5.27. The van der Waals surface area contributed by atoms with Gasteiger partial charge in [0, 0.05) is 22.0 Å². The topological polar surface area (TPSA) is 109 Å². The van der Waals surface area contributed by atoms with Crippen molar-refractivity contribution in [3.63, 3.8) is 0 Å². The number of nitrogens with one attached hydrogen (secondary N) is 2. The monoisotopic (exact) mass is 625 g/mol. The Kier molecular flexibility index (Phi) is 7.38. The number of aromatic nitrogens is 1. The fraction of sp³-hybridized carbons (Fsp3) is 0.200. The number of amides is 3. The van der Waals surface area contributed by atoms with Gasteiger partial charge in [-0.25, -0.2) is 4.90 Å². The number of carbonyl (C=O) groups is 3. The molecule has 2 aliphatic heterocycles. The van der Waals surface area contributed by atoms with E-state index in [0.717, 1.165) is 51.8 Å². The van der Waals surface area contributed by atoms with Gasteiger partial charge in [0.2, 0.25) is 11.8 Å². The van der Waals surface area contributed by atoms with Crippen LogP contribution >= 0.6 is 23.1 Å². The predicted molar refractivity (Wildman–Crippen MR) is 156 cm³/mol. The number of rotatable bonds is 6. The Bertz CT molecular complexity index is 1800. The van der Waals surface area contributed by atoms with Crippen LogP contribution in [0.1, 0.15) is 27.5 Å². The molecule has 8 nitrogen and oxygen atoms in total. The van der Waals surface area contributed by atoms with Crippen LogP contribution in [0.25, 0.3) is 0 Å². The van der Waals surface area contributed by atoms with Crippen LogP contribution < -0.4 is 19.8 Å². The smallest absolute Gasteiger partial charge is 0.416 e. The van der Waals surface area contributed by atoms with Gasteiger partial charge >= 0.3 is 11.0 Å². The molecular weight excluding hydrogens is 603 g/mol. The highest BCUT2D eigenvalue weighted by Gasteiger charge is 2.57. The van der Waals surface area contributed by atoms with Crippen molar-refractivity contribution in [3.05, 3.63) is 104 Å². The molecule has 0 aliphatic carbocycles. The lowest BCUT2D eigenvalue weighted by atomic mass is 9.82. The summed E-state index contributed by atoms with van der Waals surface area (Å²) >= 11 is 1.90. The zero-order chi connectivity index (χ0) is 30.5. The lowest BCUT2D eigenvalue weighted by Gasteiger charge is -2.30. The number of thioether (sulfide) groups is 1. The van der Waals surface area contributed by atoms with Crippen molar-refractivity contribution in [1.29, 1.82) is 0 Å². The number of halogens is 3. The number of thiazole rings is 1. The number of anilines is 2. The van der Waals surface area contributed by atoms with Crippen molar-refractivity contribution in [2.24, 2.45) is 5.92 Å². The van der Waals surface area contributed by atoms with Crippen LogP contribution in [0.4, 0.5) is 24.5 Å². The van der Waals surface area contributed by atoms with Gasteiger partial charge in [-0.05, 0) is 43.3 Å². The maximum absolute atomic E-state index is 13.9. The van der Waals surface area contributed by atoms with Gasteiger partial charge in [0.1, 0.15) is 11.0 Å². The van der Waals surface area contributed by atoms with Gasteiger partial charge in [-0.1, -0.05) is 65.1 Å². The van der Waals surface area contributed by atoms with E-state index in [9.17, 15) is 32.3 Å². The SMILES string of the molecule is Cc1ccc(NC(=O)COc2ccccc2[C@@H]2c3sc(=O)[nH]c3S[C@H]3C(=O)N(c4cccc(C(F)(F)F)c4)C(=O)[C@@H]23)cc1. The molecule has 3 amide bonds. The summed E-state index contributed by atoms with van der Waals surface area (Å²) in [6.45, 7) is 1.56. The molecule has 1 aromatic heterocycles. The highest BCUT2D eigenvalue weighted by Crippen LogP contribution is 2.54. The summed E-state index contributed by atoms with van der Waals surface area (Å²) in [5.74, 6) is -3.42. The molecular formula is C30H22F3N3O5S2. The highest BCUT2D eigenvalue weighted by atomic mass is 32.2. The van der Waals surface area contributed by atoms with E-state index in [0.29, 0.717) is 21.2 Å². The Labute approximate surface area is 250 Å². The number of aryl methyl sites for hydroxylation is 1. The van der Waals surface area contributed by atoms with Crippen LogP contribution in [0.2, 0.25) is 0 Å². The Hall–Kier alpha value is -4.36. The van der Waals surface area contributed by atoms with Crippen molar-refractivity contribution in [2.45, 2.75) is 29.3 Å². The molecule has 3 heterocycles. The number of fused-ring (bicyclic) bond motifs is 2. The second-order valence-electron chi connectivity index (χ2n) is 10.1. The largest absolute Gasteiger partial charge is 0.483 e. The third-order valence-corrected chi connectivity index (χ3v) is 9.60. The molecule has 13 heteroatoms. The Morgan fingerprint density at radius 1 is 1.00 bits per heavy atom. The number of hydrogen-bond donors (Lipinski definition) is 2. The van der Waals surface area contributed by atoms with Gasteiger partial charge in [0.05, 0.1) is 22.2 Å².